The Morgan fingerprint density at radius 3 is 2.64 bits per heavy atom. The number of hydrogen-bond donors (Lipinski definition) is 0. The molecule has 0 aromatic heterocycles. The lowest BCUT2D eigenvalue weighted by atomic mass is 10.3. The second-order valence-corrected chi connectivity index (χ2v) is 3.29. The van der Waals surface area contributed by atoms with Crippen LogP contribution in [0.1, 0.15) is 6.92 Å². The van der Waals surface area contributed by atoms with Crippen LogP contribution in [0.25, 0.3) is 0 Å². The molecule has 0 heterocycles. The summed E-state index contributed by atoms with van der Waals surface area (Å²) >= 11 is 2.09. The Balaban J connectivity index is 2.93. The molecule has 0 saturated heterocycles. The Kier molecular flexibility index (Phi) is 3.11. The first-order chi connectivity index (χ1) is 5.25. The van der Waals surface area contributed by atoms with E-state index in [0.29, 0.717) is 5.69 Å². The minimum Gasteiger partial charge on any atom is -0.312 e. The Bertz CT molecular complexity index is 239. The van der Waals surface area contributed by atoms with Gasteiger partial charge in [-0.3, -0.25) is 0 Å². The molecule has 0 amide bonds. The van der Waals surface area contributed by atoms with Gasteiger partial charge in [-0.25, -0.2) is 4.39 Å². The van der Waals surface area contributed by atoms with Crippen molar-refractivity contribution >= 4 is 28.6 Å². The van der Waals surface area contributed by atoms with E-state index in [1.165, 1.54) is 6.07 Å². The van der Waals surface area contributed by atoms with Crippen molar-refractivity contribution in [2.45, 2.75) is 6.92 Å². The molecule has 60 valence electrons. The van der Waals surface area contributed by atoms with Gasteiger partial charge in [-0.15, -0.1) is 0 Å². The summed E-state index contributed by atoms with van der Waals surface area (Å²) in [7, 11) is 0. The Morgan fingerprint density at radius 2 is 2.09 bits per heavy atom. The van der Waals surface area contributed by atoms with Gasteiger partial charge in [-0.05, 0) is 19.1 Å². The quantitative estimate of drug-likeness (QED) is 0.587. The van der Waals surface area contributed by atoms with E-state index in [2.05, 4.69) is 22.9 Å². The van der Waals surface area contributed by atoms with E-state index in [1.807, 2.05) is 16.1 Å². The Hall–Kier alpha value is -0.320. The predicted octanol–water partition coefficient (Wildman–Crippen LogP) is 3.00. The van der Waals surface area contributed by atoms with Crippen molar-refractivity contribution in [2.75, 3.05) is 9.66 Å². The first-order valence-electron chi connectivity index (χ1n) is 3.43. The van der Waals surface area contributed by atoms with Crippen molar-refractivity contribution in [2.24, 2.45) is 0 Å². The lowest BCUT2D eigenvalue weighted by molar-refractivity contribution is 0.628. The fraction of sp³-hybridized carbons (Fsp3) is 0.250. The molecule has 0 radical (unpaired) electrons. The van der Waals surface area contributed by atoms with Gasteiger partial charge in [-0.1, -0.05) is 12.1 Å². The van der Waals surface area contributed by atoms with Gasteiger partial charge in [0.15, 0.2) is 0 Å². The fourth-order valence-electron chi connectivity index (χ4n) is 0.819. The minimum absolute atomic E-state index is 0.163. The molecule has 11 heavy (non-hydrogen) atoms. The van der Waals surface area contributed by atoms with Crippen molar-refractivity contribution in [3.05, 3.63) is 30.1 Å². The van der Waals surface area contributed by atoms with Gasteiger partial charge in [-0.2, -0.15) is 0 Å². The number of benzene rings is 1. The molecule has 0 aliphatic carbocycles. The standard InChI is InChI=1S/C8H9FIN/c1-2-11(10)8-6-4-3-5-7(8)9/h3-6H,2H2,1H3. The largest absolute Gasteiger partial charge is 0.312 e. The summed E-state index contributed by atoms with van der Waals surface area (Å²) in [5.41, 5.74) is 0.649. The highest BCUT2D eigenvalue weighted by Crippen LogP contribution is 2.20. The fourth-order valence-corrected chi connectivity index (χ4v) is 1.21. The average Bonchev–Trinajstić information content (AvgIpc) is 2.04. The van der Waals surface area contributed by atoms with Gasteiger partial charge < -0.3 is 3.11 Å². The van der Waals surface area contributed by atoms with E-state index in [4.69, 9.17) is 0 Å². The Morgan fingerprint density at radius 1 is 1.45 bits per heavy atom. The summed E-state index contributed by atoms with van der Waals surface area (Å²) in [6.07, 6.45) is 0. The SMILES string of the molecule is CCN(I)c1ccccc1F. The van der Waals surface area contributed by atoms with Crippen molar-refractivity contribution < 1.29 is 4.39 Å². The van der Waals surface area contributed by atoms with Crippen LogP contribution in [0.4, 0.5) is 10.1 Å². The lowest BCUT2D eigenvalue weighted by Gasteiger charge is -2.13. The molecule has 0 unspecified atom stereocenters. The molecule has 1 aromatic carbocycles. The summed E-state index contributed by atoms with van der Waals surface area (Å²) in [6, 6.07) is 6.76. The van der Waals surface area contributed by atoms with Gasteiger partial charge >= 0.3 is 0 Å². The number of para-hydroxylation sites is 1. The van der Waals surface area contributed by atoms with E-state index in [9.17, 15) is 4.39 Å². The van der Waals surface area contributed by atoms with Gasteiger partial charge in [0.2, 0.25) is 0 Å². The zero-order valence-electron chi connectivity index (χ0n) is 6.22. The number of nitrogens with zero attached hydrogens (tertiary/aromatic N) is 1. The van der Waals surface area contributed by atoms with Crippen molar-refractivity contribution in [3.63, 3.8) is 0 Å². The summed E-state index contributed by atoms with van der Waals surface area (Å²) in [4.78, 5) is 0. The second kappa shape index (κ2) is 3.90. The van der Waals surface area contributed by atoms with Crippen LogP contribution < -0.4 is 3.11 Å². The summed E-state index contributed by atoms with van der Waals surface area (Å²) in [6.45, 7) is 2.79. The van der Waals surface area contributed by atoms with E-state index in [-0.39, 0.29) is 5.82 Å². The molecule has 0 aliphatic heterocycles. The van der Waals surface area contributed by atoms with Gasteiger partial charge in [0.1, 0.15) is 5.82 Å². The molecule has 0 bridgehead atoms. The topological polar surface area (TPSA) is 3.24 Å². The number of rotatable bonds is 2. The maximum Gasteiger partial charge on any atom is 0.147 e. The van der Waals surface area contributed by atoms with Gasteiger partial charge in [0.25, 0.3) is 0 Å². The van der Waals surface area contributed by atoms with Crippen molar-refractivity contribution in [1.82, 2.24) is 0 Å². The van der Waals surface area contributed by atoms with Crippen LogP contribution in [-0.4, -0.2) is 6.54 Å². The third-order valence-corrected chi connectivity index (χ3v) is 2.59. The molecule has 1 aromatic rings. The molecule has 0 N–H and O–H groups in total. The average molecular weight is 265 g/mol. The molecule has 0 spiro atoms. The highest BCUT2D eigenvalue weighted by Gasteiger charge is 2.04. The molecule has 0 aliphatic rings. The molecule has 0 atom stereocenters. The molecular formula is C8H9FIN. The highest BCUT2D eigenvalue weighted by atomic mass is 127. The molecule has 1 nitrogen and oxygen atoms in total. The van der Waals surface area contributed by atoms with Crippen molar-refractivity contribution in [1.29, 1.82) is 0 Å². The van der Waals surface area contributed by atoms with Crippen LogP contribution in [0.3, 0.4) is 0 Å². The van der Waals surface area contributed by atoms with E-state index >= 15 is 0 Å². The normalized spacial score (nSPS) is 9.73. The minimum atomic E-state index is -0.163. The number of anilines is 1. The number of hydrogen-bond acceptors (Lipinski definition) is 1. The zero-order chi connectivity index (χ0) is 8.27. The van der Waals surface area contributed by atoms with Crippen LogP contribution in [0.2, 0.25) is 0 Å². The van der Waals surface area contributed by atoms with Crippen LogP contribution in [0.5, 0.6) is 0 Å². The van der Waals surface area contributed by atoms with E-state index in [1.54, 1.807) is 12.1 Å². The third kappa shape index (κ3) is 2.05. The molecule has 1 rings (SSSR count). The van der Waals surface area contributed by atoms with Crippen LogP contribution >= 0.6 is 22.9 Å². The Labute approximate surface area is 79.7 Å². The van der Waals surface area contributed by atoms with E-state index in [0.717, 1.165) is 6.54 Å². The lowest BCUT2D eigenvalue weighted by Crippen LogP contribution is -2.08. The molecule has 0 fully saturated rings. The van der Waals surface area contributed by atoms with Crippen LogP contribution in [0.15, 0.2) is 24.3 Å². The van der Waals surface area contributed by atoms with Crippen LogP contribution in [0, 0.1) is 5.82 Å². The second-order valence-electron chi connectivity index (χ2n) is 2.13. The maximum atomic E-state index is 13.0. The maximum absolute atomic E-state index is 13.0. The molecular weight excluding hydrogens is 256 g/mol. The first-order valence-corrected chi connectivity index (χ1v) is 4.40. The summed E-state index contributed by atoms with van der Waals surface area (Å²) in [5.74, 6) is -0.163. The predicted molar refractivity (Wildman–Crippen MR) is 53.4 cm³/mol. The third-order valence-electron chi connectivity index (χ3n) is 1.39. The molecule has 3 heteroatoms. The summed E-state index contributed by atoms with van der Waals surface area (Å²) in [5, 5.41) is 0. The summed E-state index contributed by atoms with van der Waals surface area (Å²) < 4.78 is 14.8. The van der Waals surface area contributed by atoms with E-state index < -0.39 is 0 Å². The highest BCUT2D eigenvalue weighted by molar-refractivity contribution is 14.1. The monoisotopic (exact) mass is 265 g/mol. The van der Waals surface area contributed by atoms with Crippen molar-refractivity contribution in [3.8, 4) is 0 Å². The zero-order valence-corrected chi connectivity index (χ0v) is 8.38. The first kappa shape index (κ1) is 8.77. The van der Waals surface area contributed by atoms with Gasteiger partial charge in [0, 0.05) is 6.54 Å². The smallest absolute Gasteiger partial charge is 0.147 e. The molecule has 0 saturated carbocycles. The number of halogens is 2. The van der Waals surface area contributed by atoms with Gasteiger partial charge in [0.05, 0.1) is 28.6 Å². The van der Waals surface area contributed by atoms with Crippen LogP contribution in [-0.2, 0) is 0 Å².